The number of fused-ring (bicyclic) bond motifs is 1. The molecule has 26 heavy (non-hydrogen) atoms. The molecule has 1 unspecified atom stereocenters. The second-order valence-electron chi connectivity index (χ2n) is 7.91. The lowest BCUT2D eigenvalue weighted by molar-refractivity contribution is -0.140. The Morgan fingerprint density at radius 2 is 1.81 bits per heavy atom. The first-order valence-corrected chi connectivity index (χ1v) is 10.7. The number of carbonyl (C=O) groups is 2. The number of ether oxygens (including phenoxy) is 1. The Bertz CT molecular complexity index is 673. The smallest absolute Gasteiger partial charge is 0.263 e. The van der Waals surface area contributed by atoms with Crippen molar-refractivity contribution in [3.63, 3.8) is 0 Å². The zero-order valence-corrected chi connectivity index (χ0v) is 16.4. The number of hydrogen-bond acceptors (Lipinski definition) is 4. The van der Waals surface area contributed by atoms with Gasteiger partial charge in [0.05, 0.1) is 18.1 Å². The van der Waals surface area contributed by atoms with Crippen molar-refractivity contribution in [2.45, 2.75) is 39.0 Å². The van der Waals surface area contributed by atoms with Crippen molar-refractivity contribution in [3.05, 3.63) is 21.4 Å². The van der Waals surface area contributed by atoms with E-state index < -0.39 is 0 Å². The molecule has 1 aliphatic carbocycles. The molecule has 3 aliphatic rings. The van der Waals surface area contributed by atoms with Crippen LogP contribution in [0.15, 0.2) is 6.07 Å². The molecule has 5 nitrogen and oxygen atoms in total. The Balaban J connectivity index is 1.42. The first-order valence-electron chi connectivity index (χ1n) is 9.89. The molecule has 142 valence electrons. The standard InChI is InChI=1S/C20H28N2O3S/c1-14-4-6-21(7-5-14)20(24)18-13-16-12-15(2-3-17(16)26-18)19(23)22-8-10-25-11-9-22/h13-15H,2-12H2,1H3. The highest BCUT2D eigenvalue weighted by atomic mass is 32.1. The van der Waals surface area contributed by atoms with E-state index in [-0.39, 0.29) is 17.7 Å². The Morgan fingerprint density at radius 3 is 2.54 bits per heavy atom. The molecule has 0 radical (unpaired) electrons. The van der Waals surface area contributed by atoms with Gasteiger partial charge in [0, 0.05) is 37.0 Å². The van der Waals surface area contributed by atoms with Gasteiger partial charge in [-0.1, -0.05) is 6.92 Å². The molecule has 2 saturated heterocycles. The molecule has 6 heteroatoms. The molecule has 0 saturated carbocycles. The number of likely N-dealkylation sites (tertiary alicyclic amines) is 1. The predicted molar refractivity (Wildman–Crippen MR) is 102 cm³/mol. The summed E-state index contributed by atoms with van der Waals surface area (Å²) in [6, 6.07) is 2.07. The normalized spacial score (nSPS) is 24.4. The third kappa shape index (κ3) is 3.67. The second-order valence-corrected chi connectivity index (χ2v) is 9.05. The summed E-state index contributed by atoms with van der Waals surface area (Å²) in [5.41, 5.74) is 1.22. The van der Waals surface area contributed by atoms with Crippen molar-refractivity contribution < 1.29 is 14.3 Å². The van der Waals surface area contributed by atoms with Crippen LogP contribution < -0.4 is 0 Å². The SMILES string of the molecule is CC1CCN(C(=O)c2cc3c(s2)CCC(C(=O)N2CCOCC2)C3)CC1. The topological polar surface area (TPSA) is 49.9 Å². The van der Waals surface area contributed by atoms with E-state index in [9.17, 15) is 9.59 Å². The number of aryl methyl sites for hydroxylation is 1. The summed E-state index contributed by atoms with van der Waals surface area (Å²) in [4.78, 5) is 31.7. The van der Waals surface area contributed by atoms with Gasteiger partial charge in [-0.25, -0.2) is 0 Å². The molecule has 1 aromatic rings. The quantitative estimate of drug-likeness (QED) is 0.797. The Labute approximate surface area is 159 Å². The number of nitrogens with zero attached hydrogens (tertiary/aromatic N) is 2. The lowest BCUT2D eigenvalue weighted by Gasteiger charge is -2.31. The summed E-state index contributed by atoms with van der Waals surface area (Å²) in [6.07, 6.45) is 4.82. The maximum absolute atomic E-state index is 12.8. The van der Waals surface area contributed by atoms with E-state index in [1.807, 2.05) is 9.80 Å². The molecule has 1 atom stereocenters. The van der Waals surface area contributed by atoms with E-state index in [2.05, 4.69) is 13.0 Å². The maximum Gasteiger partial charge on any atom is 0.263 e. The van der Waals surface area contributed by atoms with E-state index in [0.717, 1.165) is 56.0 Å². The van der Waals surface area contributed by atoms with Gasteiger partial charge >= 0.3 is 0 Å². The molecule has 0 N–H and O–H groups in total. The number of piperidine rings is 1. The lowest BCUT2D eigenvalue weighted by Crippen LogP contribution is -2.44. The molecule has 0 bridgehead atoms. The summed E-state index contributed by atoms with van der Waals surface area (Å²) >= 11 is 1.65. The first kappa shape index (κ1) is 18.0. The summed E-state index contributed by atoms with van der Waals surface area (Å²) in [5, 5.41) is 0. The first-order chi connectivity index (χ1) is 12.6. The van der Waals surface area contributed by atoms with Gasteiger partial charge in [-0.05, 0) is 49.7 Å². The Morgan fingerprint density at radius 1 is 1.08 bits per heavy atom. The van der Waals surface area contributed by atoms with Gasteiger partial charge in [-0.3, -0.25) is 9.59 Å². The molecule has 2 amide bonds. The minimum Gasteiger partial charge on any atom is -0.378 e. The van der Waals surface area contributed by atoms with E-state index >= 15 is 0 Å². The van der Waals surface area contributed by atoms with Crippen molar-refractivity contribution in [2.75, 3.05) is 39.4 Å². The fourth-order valence-corrected chi connectivity index (χ4v) is 5.43. The zero-order chi connectivity index (χ0) is 18.1. The van der Waals surface area contributed by atoms with Gasteiger partial charge < -0.3 is 14.5 Å². The van der Waals surface area contributed by atoms with E-state index in [1.54, 1.807) is 11.3 Å². The highest BCUT2D eigenvalue weighted by Gasteiger charge is 2.32. The molecule has 1 aromatic heterocycles. The lowest BCUT2D eigenvalue weighted by atomic mass is 9.87. The van der Waals surface area contributed by atoms with Crippen LogP contribution in [-0.2, 0) is 22.4 Å². The van der Waals surface area contributed by atoms with Crippen molar-refractivity contribution in [1.29, 1.82) is 0 Å². The van der Waals surface area contributed by atoms with Crippen LogP contribution in [0.5, 0.6) is 0 Å². The van der Waals surface area contributed by atoms with Crippen molar-refractivity contribution in [1.82, 2.24) is 9.80 Å². The zero-order valence-electron chi connectivity index (χ0n) is 15.5. The number of morpholine rings is 1. The molecule has 2 fully saturated rings. The van der Waals surface area contributed by atoms with Gasteiger partial charge in [-0.15, -0.1) is 11.3 Å². The van der Waals surface area contributed by atoms with Crippen LogP contribution in [0.4, 0.5) is 0 Å². The van der Waals surface area contributed by atoms with Crippen LogP contribution in [0.1, 0.15) is 46.3 Å². The van der Waals surface area contributed by atoms with Crippen LogP contribution in [0.25, 0.3) is 0 Å². The average molecular weight is 377 g/mol. The van der Waals surface area contributed by atoms with Gasteiger partial charge in [0.2, 0.25) is 5.91 Å². The third-order valence-corrected chi connectivity index (χ3v) is 7.26. The van der Waals surface area contributed by atoms with Gasteiger partial charge in [-0.2, -0.15) is 0 Å². The maximum atomic E-state index is 12.8. The van der Waals surface area contributed by atoms with Gasteiger partial charge in [0.25, 0.3) is 5.91 Å². The number of carbonyl (C=O) groups excluding carboxylic acids is 2. The van der Waals surface area contributed by atoms with Crippen LogP contribution in [0.3, 0.4) is 0 Å². The molecule has 3 heterocycles. The van der Waals surface area contributed by atoms with Crippen LogP contribution >= 0.6 is 11.3 Å². The fraction of sp³-hybridized carbons (Fsp3) is 0.700. The minimum atomic E-state index is 0.0639. The average Bonchev–Trinajstić information content (AvgIpc) is 3.11. The van der Waals surface area contributed by atoms with Crippen molar-refractivity contribution in [3.8, 4) is 0 Å². The highest BCUT2D eigenvalue weighted by molar-refractivity contribution is 7.14. The van der Waals surface area contributed by atoms with Gasteiger partial charge in [0.15, 0.2) is 0 Å². The highest BCUT2D eigenvalue weighted by Crippen LogP contribution is 2.34. The second kappa shape index (κ2) is 7.69. The van der Waals surface area contributed by atoms with E-state index in [4.69, 9.17) is 4.74 Å². The number of hydrogen-bond donors (Lipinski definition) is 0. The van der Waals surface area contributed by atoms with E-state index in [0.29, 0.717) is 26.3 Å². The van der Waals surface area contributed by atoms with Crippen molar-refractivity contribution >= 4 is 23.2 Å². The summed E-state index contributed by atoms with van der Waals surface area (Å²) < 4.78 is 5.35. The molecule has 2 aliphatic heterocycles. The molecule has 0 aromatic carbocycles. The number of thiophene rings is 1. The monoisotopic (exact) mass is 376 g/mol. The number of rotatable bonds is 2. The summed E-state index contributed by atoms with van der Waals surface area (Å²) in [6.45, 7) is 6.73. The minimum absolute atomic E-state index is 0.0639. The van der Waals surface area contributed by atoms with Crippen LogP contribution in [0.2, 0.25) is 0 Å². The number of amides is 2. The van der Waals surface area contributed by atoms with Crippen LogP contribution in [-0.4, -0.2) is 61.0 Å². The third-order valence-electron chi connectivity index (χ3n) is 6.04. The summed E-state index contributed by atoms with van der Waals surface area (Å²) in [7, 11) is 0. The summed E-state index contributed by atoms with van der Waals surface area (Å²) in [5.74, 6) is 1.24. The Kier molecular flexibility index (Phi) is 5.32. The van der Waals surface area contributed by atoms with E-state index in [1.165, 1.54) is 10.4 Å². The van der Waals surface area contributed by atoms with Crippen LogP contribution in [0, 0.1) is 11.8 Å². The molecular weight excluding hydrogens is 348 g/mol. The van der Waals surface area contributed by atoms with Crippen molar-refractivity contribution in [2.24, 2.45) is 11.8 Å². The largest absolute Gasteiger partial charge is 0.378 e. The van der Waals surface area contributed by atoms with Gasteiger partial charge in [0.1, 0.15) is 0 Å². The molecule has 0 spiro atoms. The Hall–Kier alpha value is -1.40. The predicted octanol–water partition coefficient (Wildman–Crippen LogP) is 2.58. The molecular formula is C20H28N2O3S. The molecule has 4 rings (SSSR count). The fourth-order valence-electron chi connectivity index (χ4n) is 4.25.